The fourth-order valence-electron chi connectivity index (χ4n) is 3.95. The minimum Gasteiger partial charge on any atom is -0.462 e. The zero-order valence-electron chi connectivity index (χ0n) is 29.0. The number of carbonyl (C=O) groups is 2. The van der Waals surface area contributed by atoms with E-state index in [1.807, 2.05) is 27.7 Å². The maximum Gasteiger partial charge on any atom is 0.311 e. The Morgan fingerprint density at radius 1 is 0.950 bits per heavy atom. The highest BCUT2D eigenvalue weighted by atomic mass is 28.4. The van der Waals surface area contributed by atoms with Crippen LogP contribution < -0.4 is 0 Å². The summed E-state index contributed by atoms with van der Waals surface area (Å²) < 4.78 is 18.3. The molecule has 0 saturated carbocycles. The molecule has 0 bridgehead atoms. The summed E-state index contributed by atoms with van der Waals surface area (Å²) in [5.74, 6) is -0.692. The highest BCUT2D eigenvalue weighted by Crippen LogP contribution is 2.41. The number of cyclic esters (lactones) is 1. The van der Waals surface area contributed by atoms with Gasteiger partial charge in [-0.3, -0.25) is 14.4 Å². The number of esters is 1. The number of hydroxylamine groups is 2. The predicted octanol–water partition coefficient (Wildman–Crippen LogP) is 6.64. The number of hydrogen-bond acceptors (Lipinski definition) is 7. The fraction of sp³-hybridized carbons (Fsp3) is 0.933. The van der Waals surface area contributed by atoms with E-state index >= 15 is 0 Å². The summed E-state index contributed by atoms with van der Waals surface area (Å²) >= 11 is 0. The van der Waals surface area contributed by atoms with Crippen LogP contribution in [0.25, 0.3) is 0 Å². The van der Waals surface area contributed by atoms with Gasteiger partial charge in [-0.25, -0.2) is 5.06 Å². The van der Waals surface area contributed by atoms with Gasteiger partial charge in [0.1, 0.15) is 6.10 Å². The first-order valence-electron chi connectivity index (χ1n) is 14.8. The molecule has 8 atom stereocenters. The number of rotatable bonds is 9. The van der Waals surface area contributed by atoms with Gasteiger partial charge in [0.25, 0.3) is 5.91 Å². The molecule has 1 saturated heterocycles. The van der Waals surface area contributed by atoms with Crippen molar-refractivity contribution in [1.29, 1.82) is 0 Å². The third-order valence-corrected chi connectivity index (χ3v) is 18.6. The SMILES string of the molecule is CON(C)C(=O)[C@H](C)[C@@H](O[Si](C)(C)C(C)(C)C)[C@@H](C)[C@@H](C)O.C[C@@H]1[C@H](O[Si](C)(C)C(C)(C)C)[C@@H](C)C(=O)O[C@@H]1C. The second-order valence-electron chi connectivity index (χ2n) is 14.9. The van der Waals surface area contributed by atoms with Crippen LogP contribution in [0.2, 0.25) is 36.3 Å². The van der Waals surface area contributed by atoms with Gasteiger partial charge in [0, 0.05) is 18.9 Å². The van der Waals surface area contributed by atoms with Crippen LogP contribution >= 0.6 is 0 Å². The lowest BCUT2D eigenvalue weighted by Crippen LogP contribution is -2.53. The van der Waals surface area contributed by atoms with E-state index in [9.17, 15) is 14.7 Å². The molecule has 1 rings (SSSR count). The first kappa shape index (κ1) is 39.2. The second kappa shape index (κ2) is 14.6. The van der Waals surface area contributed by atoms with Gasteiger partial charge in [-0.2, -0.15) is 0 Å². The minimum atomic E-state index is -2.05. The van der Waals surface area contributed by atoms with E-state index in [1.54, 1.807) is 14.0 Å². The number of aliphatic hydroxyl groups is 1. The molecular weight excluding hydrogens is 543 g/mol. The summed E-state index contributed by atoms with van der Waals surface area (Å²) in [6.45, 7) is 33.4. The van der Waals surface area contributed by atoms with E-state index in [0.29, 0.717) is 0 Å². The molecule has 0 aromatic heterocycles. The standard InChI is InChI=1S/C16H35NO4Si.C14H28O3Si/c1-11(13(3)18)14(12(2)15(19)17(7)20-8)21-22(9,10)16(4,5)6;1-9-11(3)16-13(15)10(2)12(9)17-18(7,8)14(4,5)6/h11-14,18H,1-10H3;9-12H,1-8H3/t11-,12+,13+,14-;9-,10+,11+,12-/m00/s1. The third kappa shape index (κ3) is 10.2. The molecular formula is C30H63NO7Si2. The lowest BCUT2D eigenvalue weighted by atomic mass is 9.87. The van der Waals surface area contributed by atoms with Crippen LogP contribution in [0.4, 0.5) is 0 Å². The van der Waals surface area contributed by atoms with Gasteiger partial charge in [0.15, 0.2) is 16.6 Å². The lowest BCUT2D eigenvalue weighted by Gasteiger charge is -2.45. The Morgan fingerprint density at radius 3 is 1.77 bits per heavy atom. The smallest absolute Gasteiger partial charge is 0.311 e. The van der Waals surface area contributed by atoms with E-state index in [0.717, 1.165) is 0 Å². The quantitative estimate of drug-likeness (QED) is 0.179. The first-order chi connectivity index (χ1) is 17.7. The number of hydrogen-bond donors (Lipinski definition) is 1. The van der Waals surface area contributed by atoms with Gasteiger partial charge in [0.05, 0.1) is 37.3 Å². The van der Waals surface area contributed by atoms with Crippen molar-refractivity contribution in [3.05, 3.63) is 0 Å². The van der Waals surface area contributed by atoms with Crippen LogP contribution in [0.15, 0.2) is 0 Å². The van der Waals surface area contributed by atoms with Gasteiger partial charge in [-0.15, -0.1) is 0 Å². The molecule has 0 unspecified atom stereocenters. The topological polar surface area (TPSA) is 94.5 Å². The molecule has 0 spiro atoms. The zero-order chi connectivity index (χ0) is 32.2. The Labute approximate surface area is 248 Å². The molecule has 1 aliphatic rings. The maximum absolute atomic E-state index is 12.4. The summed E-state index contributed by atoms with van der Waals surface area (Å²) in [6, 6.07) is 0. The van der Waals surface area contributed by atoms with Gasteiger partial charge in [-0.05, 0) is 57.0 Å². The maximum atomic E-state index is 12.4. The summed E-state index contributed by atoms with van der Waals surface area (Å²) in [7, 11) is -0.839. The summed E-state index contributed by atoms with van der Waals surface area (Å²) in [5, 5.41) is 11.4. The Balaban J connectivity index is 0.000000774. The molecule has 10 heteroatoms. The average molecular weight is 606 g/mol. The number of ether oxygens (including phenoxy) is 1. The molecule has 1 amide bonds. The summed E-state index contributed by atoms with van der Waals surface area (Å²) in [4.78, 5) is 29.2. The lowest BCUT2D eigenvalue weighted by molar-refractivity contribution is -0.177. The van der Waals surface area contributed by atoms with Crippen LogP contribution in [0.3, 0.4) is 0 Å². The molecule has 8 nitrogen and oxygen atoms in total. The monoisotopic (exact) mass is 605 g/mol. The molecule has 1 heterocycles. The third-order valence-electron chi connectivity index (χ3n) is 9.64. The van der Waals surface area contributed by atoms with E-state index in [-0.39, 0.29) is 63.9 Å². The molecule has 0 aliphatic carbocycles. The molecule has 238 valence electrons. The van der Waals surface area contributed by atoms with Crippen molar-refractivity contribution in [2.75, 3.05) is 14.2 Å². The van der Waals surface area contributed by atoms with Crippen molar-refractivity contribution >= 4 is 28.5 Å². The van der Waals surface area contributed by atoms with Crippen molar-refractivity contribution in [3.63, 3.8) is 0 Å². The number of aliphatic hydroxyl groups excluding tert-OH is 1. The van der Waals surface area contributed by atoms with Crippen molar-refractivity contribution in [2.24, 2.45) is 23.7 Å². The van der Waals surface area contributed by atoms with E-state index in [2.05, 4.69) is 74.7 Å². The summed E-state index contributed by atoms with van der Waals surface area (Å²) in [6.07, 6.45) is -0.950. The van der Waals surface area contributed by atoms with Gasteiger partial charge >= 0.3 is 5.97 Å². The zero-order valence-corrected chi connectivity index (χ0v) is 31.0. The van der Waals surface area contributed by atoms with Crippen LogP contribution in [0.1, 0.15) is 83.1 Å². The minimum absolute atomic E-state index is 0.0119. The predicted molar refractivity (Wildman–Crippen MR) is 168 cm³/mol. The highest BCUT2D eigenvalue weighted by Gasteiger charge is 2.47. The van der Waals surface area contributed by atoms with Crippen molar-refractivity contribution in [2.45, 2.75) is 144 Å². The van der Waals surface area contributed by atoms with E-state index in [1.165, 1.54) is 12.2 Å². The Kier molecular flexibility index (Phi) is 14.3. The molecule has 0 aromatic rings. The molecule has 40 heavy (non-hydrogen) atoms. The van der Waals surface area contributed by atoms with Crippen LogP contribution in [-0.4, -0.2) is 77.3 Å². The van der Waals surface area contributed by atoms with Crippen molar-refractivity contribution in [3.8, 4) is 0 Å². The average Bonchev–Trinajstić information content (AvgIpc) is 2.80. The number of amides is 1. The van der Waals surface area contributed by atoms with Crippen LogP contribution in [-0.2, 0) is 28.0 Å². The van der Waals surface area contributed by atoms with E-state index in [4.69, 9.17) is 18.4 Å². The largest absolute Gasteiger partial charge is 0.462 e. The van der Waals surface area contributed by atoms with E-state index < -0.39 is 22.7 Å². The molecule has 0 aromatic carbocycles. The molecule has 1 fully saturated rings. The van der Waals surface area contributed by atoms with Crippen molar-refractivity contribution in [1.82, 2.24) is 5.06 Å². The molecule has 0 radical (unpaired) electrons. The van der Waals surface area contributed by atoms with Crippen LogP contribution in [0, 0.1) is 23.7 Å². The fourth-order valence-corrected chi connectivity index (χ4v) is 6.86. The first-order valence-corrected chi connectivity index (χ1v) is 20.6. The number of nitrogens with zero attached hydrogens (tertiary/aromatic N) is 1. The number of carbonyl (C=O) groups excluding carboxylic acids is 2. The Morgan fingerprint density at radius 2 is 1.40 bits per heavy atom. The normalized spacial score (nSPS) is 25.6. The molecule has 1 aliphatic heterocycles. The molecule has 1 N–H and O–H groups in total. The second-order valence-corrected chi connectivity index (χ2v) is 24.4. The van der Waals surface area contributed by atoms with Gasteiger partial charge < -0.3 is 18.7 Å². The Bertz CT molecular complexity index is 820. The van der Waals surface area contributed by atoms with Gasteiger partial charge in [-0.1, -0.05) is 62.3 Å². The van der Waals surface area contributed by atoms with Crippen molar-refractivity contribution < 1.29 is 33.1 Å². The van der Waals surface area contributed by atoms with Crippen LogP contribution in [0.5, 0.6) is 0 Å². The summed E-state index contributed by atoms with van der Waals surface area (Å²) in [5.41, 5.74) is 0. The Hall–Kier alpha value is -0.786. The highest BCUT2D eigenvalue weighted by molar-refractivity contribution is 6.74. The van der Waals surface area contributed by atoms with Gasteiger partial charge in [0.2, 0.25) is 0 Å².